The molecule has 1 aliphatic rings. The van der Waals surface area contributed by atoms with Gasteiger partial charge < -0.3 is 29.2 Å². The van der Waals surface area contributed by atoms with E-state index in [-0.39, 0.29) is 127 Å². The molecule has 9 nitrogen and oxygen atoms in total. The van der Waals surface area contributed by atoms with Crippen molar-refractivity contribution in [2.45, 2.75) is 82.8 Å². The number of fused-ring (bicyclic) bond motifs is 1. The van der Waals surface area contributed by atoms with Crippen LogP contribution in [0, 0.1) is 5.92 Å². The van der Waals surface area contributed by atoms with E-state index >= 15 is 0 Å². The monoisotopic (exact) mass is 656 g/mol. The zero-order valence-electron chi connectivity index (χ0n) is 24.4. The summed E-state index contributed by atoms with van der Waals surface area (Å²) >= 11 is 1.24. The molecule has 41 heavy (non-hydrogen) atoms. The van der Waals surface area contributed by atoms with Gasteiger partial charge in [-0.2, -0.15) is 17.6 Å². The first kappa shape index (κ1) is 41.5. The van der Waals surface area contributed by atoms with Crippen molar-refractivity contribution >= 4 is 40.6 Å². The second kappa shape index (κ2) is 19.1. The van der Waals surface area contributed by atoms with Gasteiger partial charge in [-0.3, -0.25) is 4.79 Å². The molecular weight excluding hydrogens is 623 g/mol. The zero-order valence-corrected chi connectivity index (χ0v) is 31.5. The summed E-state index contributed by atoms with van der Waals surface area (Å²) in [7, 11) is 0. The number of hydrogen-bond acceptors (Lipinski definition) is 9. The Bertz CT molecular complexity index is 1110. The molecule has 3 heterocycles. The molecule has 0 bridgehead atoms. The average Bonchev–Trinajstić information content (AvgIpc) is 3.32. The maximum Gasteiger partial charge on any atom is 1.00 e. The molecule has 3 rings (SSSR count). The SMILES string of the molecule is CCCCC(CC)COC(=O)CCSc1ncc2c(n1)c(N1CC(F)(F)C(F)(F)C1)cn2C(C)C.O=C([O-])[O-].[K+].[K+]. The number of unbranched alkanes of at least 4 members (excludes halogenated alkanes) is 1. The Morgan fingerprint density at radius 3 is 2.22 bits per heavy atom. The van der Waals surface area contributed by atoms with Crippen LogP contribution in [0.25, 0.3) is 11.0 Å². The predicted octanol–water partition coefficient (Wildman–Crippen LogP) is -2.09. The van der Waals surface area contributed by atoms with Gasteiger partial charge in [-0.25, -0.2) is 9.97 Å². The normalized spacial score (nSPS) is 15.9. The maximum absolute atomic E-state index is 13.9. The van der Waals surface area contributed by atoms with E-state index in [1.54, 1.807) is 17.0 Å². The third-order valence-electron chi connectivity index (χ3n) is 6.30. The zero-order chi connectivity index (χ0) is 29.4. The van der Waals surface area contributed by atoms with Crippen LogP contribution >= 0.6 is 11.8 Å². The second-order valence-corrected chi connectivity index (χ2v) is 10.7. The number of carbonyl (C=O) groups is 2. The molecule has 2 aromatic heterocycles. The van der Waals surface area contributed by atoms with Gasteiger partial charge in [-0.15, -0.1) is 0 Å². The molecule has 220 valence electrons. The van der Waals surface area contributed by atoms with E-state index in [9.17, 15) is 22.4 Å². The molecular formula is C25H34F4K2N4O5S. The Kier molecular flexibility index (Phi) is 19.3. The molecule has 0 amide bonds. The van der Waals surface area contributed by atoms with Gasteiger partial charge in [0.2, 0.25) is 0 Å². The number of hydrogen-bond donors (Lipinski definition) is 0. The number of halogens is 4. The van der Waals surface area contributed by atoms with E-state index in [0.29, 0.717) is 34.5 Å². The number of ether oxygens (including phenoxy) is 1. The number of carboxylic acid groups (broad SMARTS) is 2. The van der Waals surface area contributed by atoms with Crippen molar-refractivity contribution in [1.82, 2.24) is 14.5 Å². The number of rotatable bonds is 12. The van der Waals surface area contributed by atoms with Crippen LogP contribution in [0.5, 0.6) is 0 Å². The van der Waals surface area contributed by atoms with E-state index in [1.807, 2.05) is 13.8 Å². The van der Waals surface area contributed by atoms with Crippen molar-refractivity contribution in [3.63, 3.8) is 0 Å². The summed E-state index contributed by atoms with van der Waals surface area (Å²) in [6.45, 7) is 6.28. The largest absolute Gasteiger partial charge is 1.00 e. The first-order valence-corrected chi connectivity index (χ1v) is 13.8. The van der Waals surface area contributed by atoms with Crippen molar-refractivity contribution in [2.75, 3.05) is 30.3 Å². The first-order valence-electron chi connectivity index (χ1n) is 12.8. The molecule has 1 unspecified atom stereocenters. The smallest absolute Gasteiger partial charge is 0.652 e. The van der Waals surface area contributed by atoms with Gasteiger partial charge in [0.25, 0.3) is 0 Å². The molecule has 0 N–H and O–H groups in total. The fourth-order valence-electron chi connectivity index (χ4n) is 4.07. The standard InChI is InChI=1S/C24H34F4N4O2S.CH2O3.2K/c1-5-7-8-17(6-2)13-34-20(33)9-10-35-22-29-11-18-21(30-22)19(12-32(18)16(3)4)31-14-23(25,26)24(27,28)15-31;2-1(3)4;;/h11-12,16-17H,5-10,13-15H2,1-4H3;(H2,2,3,4);;/q;;2*+1/p-2. The quantitative estimate of drug-likeness (QED) is 0.0832. The maximum atomic E-state index is 13.9. The number of esters is 1. The number of aromatic nitrogens is 3. The average molecular weight is 657 g/mol. The van der Waals surface area contributed by atoms with Crippen LogP contribution in [0.4, 0.5) is 28.0 Å². The fourth-order valence-corrected chi connectivity index (χ4v) is 4.81. The third-order valence-corrected chi connectivity index (χ3v) is 7.16. The number of carbonyl (C=O) groups excluding carboxylic acids is 2. The number of nitrogens with zero attached hydrogens (tertiary/aromatic N) is 4. The van der Waals surface area contributed by atoms with Crippen LogP contribution in [0.15, 0.2) is 17.6 Å². The van der Waals surface area contributed by atoms with Crippen LogP contribution in [0.1, 0.15) is 65.8 Å². The van der Waals surface area contributed by atoms with Crippen molar-refractivity contribution < 1.29 is 145 Å². The number of alkyl halides is 4. The van der Waals surface area contributed by atoms with Crippen molar-refractivity contribution in [2.24, 2.45) is 5.92 Å². The molecule has 0 saturated carbocycles. The topological polar surface area (TPSA) is 123 Å². The summed E-state index contributed by atoms with van der Waals surface area (Å²) in [5, 5.41) is 17.0. The summed E-state index contributed by atoms with van der Waals surface area (Å²) in [6, 6.07) is -0.0454. The summed E-state index contributed by atoms with van der Waals surface area (Å²) in [5.41, 5.74) is 1.15. The molecule has 2 aromatic rings. The Balaban J connectivity index is 0.00000250. The molecule has 0 aliphatic carbocycles. The van der Waals surface area contributed by atoms with Crippen LogP contribution in [0.3, 0.4) is 0 Å². The summed E-state index contributed by atoms with van der Waals surface area (Å²) in [6.07, 6.45) is 5.21. The molecule has 16 heteroatoms. The van der Waals surface area contributed by atoms with Gasteiger partial charge in [0.1, 0.15) is 5.52 Å². The predicted molar refractivity (Wildman–Crippen MR) is 135 cm³/mol. The van der Waals surface area contributed by atoms with Crippen LogP contribution in [-0.2, 0) is 9.53 Å². The molecule has 1 atom stereocenters. The van der Waals surface area contributed by atoms with E-state index in [0.717, 1.165) is 30.6 Å². The Labute approximate surface area is 326 Å². The van der Waals surface area contributed by atoms with Crippen LogP contribution in [-0.4, -0.2) is 64.0 Å². The van der Waals surface area contributed by atoms with E-state index in [1.165, 1.54) is 11.8 Å². The number of thioether (sulfide) groups is 1. The second-order valence-electron chi connectivity index (χ2n) is 9.61. The van der Waals surface area contributed by atoms with Crippen LogP contribution < -0.4 is 118 Å². The number of anilines is 1. The molecule has 0 aromatic carbocycles. The minimum absolute atomic E-state index is 0. The van der Waals surface area contributed by atoms with Gasteiger partial charge in [0.05, 0.1) is 43.5 Å². The summed E-state index contributed by atoms with van der Waals surface area (Å²) in [5.74, 6) is -7.77. The van der Waals surface area contributed by atoms with Gasteiger partial charge in [0, 0.05) is 18.0 Å². The summed E-state index contributed by atoms with van der Waals surface area (Å²) < 4.78 is 62.6. The fraction of sp³-hybridized carbons (Fsp3) is 0.680. The first-order chi connectivity index (χ1) is 18.2. The molecule has 1 fully saturated rings. The summed E-state index contributed by atoms with van der Waals surface area (Å²) in [4.78, 5) is 30.3. The van der Waals surface area contributed by atoms with Crippen molar-refractivity contribution in [1.29, 1.82) is 0 Å². The Hall–Kier alpha value is 0.503. The van der Waals surface area contributed by atoms with Gasteiger partial charge in [0.15, 0.2) is 5.16 Å². The van der Waals surface area contributed by atoms with E-state index < -0.39 is 31.1 Å². The van der Waals surface area contributed by atoms with Crippen molar-refractivity contribution in [3.05, 3.63) is 12.4 Å². The van der Waals surface area contributed by atoms with Gasteiger partial charge in [-0.05, 0) is 32.3 Å². The van der Waals surface area contributed by atoms with Gasteiger partial charge in [-0.1, -0.05) is 44.9 Å². The Morgan fingerprint density at radius 1 is 1.12 bits per heavy atom. The minimum atomic E-state index is -4.11. The van der Waals surface area contributed by atoms with Crippen LogP contribution in [0.2, 0.25) is 0 Å². The third kappa shape index (κ3) is 12.4. The van der Waals surface area contributed by atoms with E-state index in [4.69, 9.17) is 19.7 Å². The molecule has 0 spiro atoms. The molecule has 1 aliphatic heterocycles. The molecule has 1 saturated heterocycles. The Morgan fingerprint density at radius 2 is 1.71 bits per heavy atom. The minimum Gasteiger partial charge on any atom is -0.652 e. The van der Waals surface area contributed by atoms with E-state index in [2.05, 4.69) is 23.8 Å². The van der Waals surface area contributed by atoms with Crippen molar-refractivity contribution in [3.8, 4) is 0 Å². The van der Waals surface area contributed by atoms with Gasteiger partial charge >= 0.3 is 121 Å². The molecule has 0 radical (unpaired) electrons.